The number of aromatic nitrogens is 1. The van der Waals surface area contributed by atoms with Gasteiger partial charge in [-0.1, -0.05) is 54.6 Å². The van der Waals surface area contributed by atoms with E-state index in [1.165, 1.54) is 43.4 Å². The first-order valence-corrected chi connectivity index (χ1v) is 17.3. The van der Waals surface area contributed by atoms with Crippen LogP contribution in [0.3, 0.4) is 0 Å². The van der Waals surface area contributed by atoms with Crippen LogP contribution in [0, 0.1) is 0 Å². The van der Waals surface area contributed by atoms with Gasteiger partial charge in [-0.05, 0) is 77.5 Å². The van der Waals surface area contributed by atoms with Crippen LogP contribution in [-0.4, -0.2) is 42.7 Å². The Morgan fingerprint density at radius 1 is 0.800 bits per heavy atom. The monoisotopic (exact) mass is 700 g/mol. The molecule has 9 nitrogen and oxygen atoms in total. The lowest BCUT2D eigenvalue weighted by atomic mass is 10.1. The highest BCUT2D eigenvalue weighted by molar-refractivity contribution is 8.00. The number of hydrogen-bond acceptors (Lipinski definition) is 8. The van der Waals surface area contributed by atoms with Gasteiger partial charge in [0.15, 0.2) is 5.13 Å². The number of rotatable bonds is 12. The zero-order valence-corrected chi connectivity index (χ0v) is 28.8. The number of anilines is 2. The second-order valence-electron chi connectivity index (χ2n) is 10.9. The van der Waals surface area contributed by atoms with Crippen molar-refractivity contribution < 1.29 is 23.9 Å². The summed E-state index contributed by atoms with van der Waals surface area (Å²) >= 11 is 2.74. The maximum atomic E-state index is 13.5. The van der Waals surface area contributed by atoms with E-state index in [-0.39, 0.29) is 17.4 Å². The predicted octanol–water partition coefficient (Wildman–Crippen LogP) is 8.12. The number of nitrogens with zero attached hydrogens (tertiary/aromatic N) is 1. The highest BCUT2D eigenvalue weighted by Gasteiger charge is 2.17. The fraction of sp³-hybridized carbons (Fsp3) is 0.0769. The summed E-state index contributed by atoms with van der Waals surface area (Å²) in [5, 5.41) is 13.2. The summed E-state index contributed by atoms with van der Waals surface area (Å²) in [7, 11) is 3.06. The van der Waals surface area contributed by atoms with Gasteiger partial charge >= 0.3 is 0 Å². The number of thioether (sulfide) groups is 1. The molecule has 0 spiro atoms. The Morgan fingerprint density at radius 2 is 1.56 bits per heavy atom. The molecule has 0 saturated heterocycles. The molecule has 3 amide bonds. The summed E-state index contributed by atoms with van der Waals surface area (Å²) in [6.45, 7) is 0. The Hall–Kier alpha value is -5.91. The summed E-state index contributed by atoms with van der Waals surface area (Å²) < 4.78 is 10.8. The minimum atomic E-state index is -0.537. The van der Waals surface area contributed by atoms with Crippen LogP contribution < -0.4 is 25.4 Å². The number of amides is 3. The fourth-order valence-electron chi connectivity index (χ4n) is 5.00. The van der Waals surface area contributed by atoms with Crippen molar-refractivity contribution in [1.29, 1.82) is 0 Å². The average molecular weight is 701 g/mol. The summed E-state index contributed by atoms with van der Waals surface area (Å²) in [6, 6.07) is 35.2. The molecule has 3 N–H and O–H groups in total. The van der Waals surface area contributed by atoms with Crippen LogP contribution in [0.2, 0.25) is 0 Å². The number of hydrogen-bond donors (Lipinski definition) is 3. The Kier molecular flexibility index (Phi) is 10.9. The Morgan fingerprint density at radius 3 is 2.32 bits per heavy atom. The van der Waals surface area contributed by atoms with Crippen LogP contribution >= 0.6 is 23.1 Å². The van der Waals surface area contributed by atoms with E-state index in [2.05, 4.69) is 45.2 Å². The predicted molar refractivity (Wildman–Crippen MR) is 201 cm³/mol. The van der Waals surface area contributed by atoms with Crippen molar-refractivity contribution in [3.63, 3.8) is 0 Å². The van der Waals surface area contributed by atoms with Gasteiger partial charge in [0.1, 0.15) is 17.2 Å². The Balaban J connectivity index is 1.08. The molecule has 0 fully saturated rings. The van der Waals surface area contributed by atoms with Gasteiger partial charge in [0.05, 0.1) is 25.7 Å². The second kappa shape index (κ2) is 16.0. The molecule has 5 aromatic carbocycles. The first kappa shape index (κ1) is 34.0. The highest BCUT2D eigenvalue weighted by atomic mass is 32.2. The molecule has 1 heterocycles. The van der Waals surface area contributed by atoms with E-state index in [1.54, 1.807) is 60.7 Å². The average Bonchev–Trinajstić information content (AvgIpc) is 3.62. The lowest BCUT2D eigenvalue weighted by Crippen LogP contribution is -2.30. The van der Waals surface area contributed by atoms with E-state index >= 15 is 0 Å². The summed E-state index contributed by atoms with van der Waals surface area (Å²) in [5.41, 5.74) is 3.24. The molecular weight excluding hydrogens is 669 g/mol. The molecule has 0 aliphatic heterocycles. The number of benzene rings is 5. The van der Waals surface area contributed by atoms with Crippen molar-refractivity contribution in [3.8, 4) is 22.8 Å². The molecule has 6 aromatic rings. The second-order valence-corrected chi connectivity index (χ2v) is 12.8. The third-order valence-corrected chi connectivity index (χ3v) is 9.31. The van der Waals surface area contributed by atoms with E-state index in [0.717, 1.165) is 26.9 Å². The third-order valence-electron chi connectivity index (χ3n) is 7.54. The van der Waals surface area contributed by atoms with Crippen LogP contribution in [-0.2, 0) is 9.59 Å². The molecule has 0 radical (unpaired) electrons. The molecule has 50 heavy (non-hydrogen) atoms. The summed E-state index contributed by atoms with van der Waals surface area (Å²) in [4.78, 5) is 44.8. The summed E-state index contributed by atoms with van der Waals surface area (Å²) in [5.74, 6) is 0.0777. The van der Waals surface area contributed by atoms with Crippen molar-refractivity contribution in [2.24, 2.45) is 0 Å². The van der Waals surface area contributed by atoms with Gasteiger partial charge in [-0.15, -0.1) is 23.1 Å². The Labute approximate surface area is 297 Å². The Bertz CT molecular complexity index is 2180. The molecule has 1 aromatic heterocycles. The smallest absolute Gasteiger partial charge is 0.272 e. The van der Waals surface area contributed by atoms with Crippen LogP contribution in [0.25, 0.3) is 28.1 Å². The van der Waals surface area contributed by atoms with E-state index in [9.17, 15) is 14.4 Å². The maximum absolute atomic E-state index is 13.5. The minimum Gasteiger partial charge on any atom is -0.497 e. The number of fused-ring (bicyclic) bond motifs is 1. The van der Waals surface area contributed by atoms with E-state index in [4.69, 9.17) is 9.47 Å². The molecule has 0 aliphatic carbocycles. The normalized spacial score (nSPS) is 11.1. The molecular formula is C39H32N4O5S2. The van der Waals surface area contributed by atoms with E-state index in [1.807, 2.05) is 35.7 Å². The standard InChI is InChI=1S/C39H32N4O5S2/c1-47-31-16-19-35(48-2)29(21-31)22-33(41-37(45)26-9-4-3-5-10-26)38(46)40-30-14-17-32(18-15-30)49-24-36(44)43-39-42-34(23-50-39)28-13-12-25-8-6-7-11-27(25)20-28/h3-23H,24H2,1-2H3,(H,40,46)(H,41,45)(H,42,43,44)/b33-22-. The third kappa shape index (κ3) is 8.56. The lowest BCUT2D eigenvalue weighted by molar-refractivity contribution is -0.114. The van der Waals surface area contributed by atoms with Gasteiger partial charge < -0.3 is 25.4 Å². The molecule has 250 valence electrons. The molecule has 0 unspecified atom stereocenters. The number of ether oxygens (including phenoxy) is 2. The van der Waals surface area contributed by atoms with Crippen LogP contribution in [0.4, 0.5) is 10.8 Å². The topological polar surface area (TPSA) is 119 Å². The molecule has 6 rings (SSSR count). The van der Waals surface area contributed by atoms with Gasteiger partial charge in [0.25, 0.3) is 11.8 Å². The molecule has 0 aliphatic rings. The van der Waals surface area contributed by atoms with Gasteiger partial charge in [-0.2, -0.15) is 0 Å². The summed E-state index contributed by atoms with van der Waals surface area (Å²) in [6.07, 6.45) is 1.54. The first-order chi connectivity index (χ1) is 24.4. The molecule has 0 atom stereocenters. The van der Waals surface area contributed by atoms with Crippen LogP contribution in [0.5, 0.6) is 11.5 Å². The van der Waals surface area contributed by atoms with Crippen LogP contribution in [0.1, 0.15) is 15.9 Å². The zero-order chi connectivity index (χ0) is 34.9. The largest absolute Gasteiger partial charge is 0.497 e. The quantitative estimate of drug-likeness (QED) is 0.0872. The van der Waals surface area contributed by atoms with Gasteiger partial charge in [-0.3, -0.25) is 14.4 Å². The molecule has 0 saturated carbocycles. The number of carbonyl (C=O) groups excluding carboxylic acids is 3. The van der Waals surface area contributed by atoms with Crippen LogP contribution in [0.15, 0.2) is 131 Å². The van der Waals surface area contributed by atoms with Crippen molar-refractivity contribution in [2.75, 3.05) is 30.6 Å². The number of methoxy groups -OCH3 is 2. The molecule has 0 bridgehead atoms. The fourth-order valence-corrected chi connectivity index (χ4v) is 6.43. The van der Waals surface area contributed by atoms with Crippen molar-refractivity contribution in [1.82, 2.24) is 10.3 Å². The van der Waals surface area contributed by atoms with E-state index in [0.29, 0.717) is 33.4 Å². The lowest BCUT2D eigenvalue weighted by Gasteiger charge is -2.13. The van der Waals surface area contributed by atoms with Gasteiger partial charge in [0.2, 0.25) is 5.91 Å². The highest BCUT2D eigenvalue weighted by Crippen LogP contribution is 2.29. The SMILES string of the molecule is COc1ccc(OC)c(/C=C(\NC(=O)c2ccccc2)C(=O)Nc2ccc(SCC(=O)Nc3nc(-c4ccc5ccccc5c4)cs3)cc2)c1. The van der Waals surface area contributed by atoms with Gasteiger partial charge in [0, 0.05) is 32.7 Å². The first-order valence-electron chi connectivity index (χ1n) is 15.5. The number of nitrogens with one attached hydrogen (secondary N) is 3. The minimum absolute atomic E-state index is 0.00601. The van der Waals surface area contributed by atoms with Crippen molar-refractivity contribution >= 4 is 68.5 Å². The van der Waals surface area contributed by atoms with Crippen molar-refractivity contribution in [2.45, 2.75) is 4.90 Å². The maximum Gasteiger partial charge on any atom is 0.272 e. The number of thiazole rings is 1. The van der Waals surface area contributed by atoms with Gasteiger partial charge in [-0.25, -0.2) is 4.98 Å². The number of carbonyl (C=O) groups is 3. The zero-order valence-electron chi connectivity index (χ0n) is 27.1. The van der Waals surface area contributed by atoms with Crippen molar-refractivity contribution in [3.05, 3.63) is 137 Å². The molecule has 11 heteroatoms. The van der Waals surface area contributed by atoms with E-state index < -0.39 is 11.8 Å².